The summed E-state index contributed by atoms with van der Waals surface area (Å²) in [6, 6.07) is 0. The summed E-state index contributed by atoms with van der Waals surface area (Å²) in [6.07, 6.45) is 3.21. The van der Waals surface area contributed by atoms with Crippen molar-refractivity contribution in [3.63, 3.8) is 0 Å². The maximum Gasteiger partial charge on any atom is 0.225 e. The summed E-state index contributed by atoms with van der Waals surface area (Å²) in [7, 11) is -3.35. The minimum Gasteiger partial charge on any atom is -0.356 e. The molecular weight excluding hydrogens is 380 g/mol. The van der Waals surface area contributed by atoms with Crippen molar-refractivity contribution in [3.8, 4) is 0 Å². The lowest BCUT2D eigenvalue weighted by atomic mass is 9.97. The molecule has 1 unspecified atom stereocenters. The average Bonchev–Trinajstić information content (AvgIpc) is 2.65. The molecule has 2 fully saturated rings. The molecule has 8 nitrogen and oxygen atoms in total. The van der Waals surface area contributed by atoms with E-state index in [1.165, 1.54) is 10.6 Å². The van der Waals surface area contributed by atoms with Crippen LogP contribution in [0.25, 0.3) is 0 Å². The number of amides is 2. The summed E-state index contributed by atoms with van der Waals surface area (Å²) in [4.78, 5) is 29.3. The van der Waals surface area contributed by atoms with Crippen LogP contribution in [0.5, 0.6) is 0 Å². The van der Waals surface area contributed by atoms with Gasteiger partial charge < -0.3 is 10.2 Å². The van der Waals surface area contributed by atoms with Gasteiger partial charge in [-0.15, -0.1) is 0 Å². The third kappa shape index (κ3) is 7.33. The zero-order valence-corrected chi connectivity index (χ0v) is 18.3. The summed E-state index contributed by atoms with van der Waals surface area (Å²) in [6.45, 7) is 9.75. The average molecular weight is 417 g/mol. The third-order valence-corrected chi connectivity index (χ3v) is 6.79. The van der Waals surface area contributed by atoms with E-state index < -0.39 is 10.0 Å². The highest BCUT2D eigenvalue weighted by Gasteiger charge is 2.28. The van der Waals surface area contributed by atoms with Gasteiger partial charge in [0.1, 0.15) is 0 Å². The van der Waals surface area contributed by atoms with Gasteiger partial charge in [-0.05, 0) is 25.2 Å². The molecule has 1 atom stereocenters. The number of hydrogen-bond acceptors (Lipinski definition) is 5. The lowest BCUT2D eigenvalue weighted by Gasteiger charge is -2.37. The Bertz CT molecular complexity index is 630. The number of sulfonamides is 1. The lowest BCUT2D eigenvalue weighted by molar-refractivity contribution is -0.138. The summed E-state index contributed by atoms with van der Waals surface area (Å²) in [5.41, 5.74) is 0. The van der Waals surface area contributed by atoms with Crippen LogP contribution >= 0.6 is 0 Å². The highest BCUT2D eigenvalue weighted by atomic mass is 32.2. The predicted molar refractivity (Wildman–Crippen MR) is 109 cm³/mol. The van der Waals surface area contributed by atoms with Crippen molar-refractivity contribution in [3.05, 3.63) is 0 Å². The molecule has 162 valence electrons. The van der Waals surface area contributed by atoms with Crippen LogP contribution in [0.4, 0.5) is 0 Å². The minimum atomic E-state index is -3.35. The van der Waals surface area contributed by atoms with E-state index in [9.17, 15) is 18.0 Å². The first-order valence-electron chi connectivity index (χ1n) is 10.4. The molecule has 2 saturated heterocycles. The van der Waals surface area contributed by atoms with Crippen molar-refractivity contribution in [2.24, 2.45) is 11.8 Å². The number of carbonyl (C=O) groups excluding carboxylic acids is 2. The van der Waals surface area contributed by atoms with Crippen LogP contribution in [0.1, 0.15) is 39.5 Å². The topological polar surface area (TPSA) is 90.0 Å². The van der Waals surface area contributed by atoms with E-state index >= 15 is 0 Å². The van der Waals surface area contributed by atoms with Gasteiger partial charge in [0.15, 0.2) is 0 Å². The normalized spacial score (nSPS) is 24.6. The van der Waals surface area contributed by atoms with Gasteiger partial charge in [-0.2, -0.15) is 0 Å². The number of nitrogens with zero attached hydrogens (tertiary/aromatic N) is 3. The SMILES string of the molecule is CC(C)CN1CCN(C(=O)C2CCCN(S(C)(=O)=O)CCC(=O)NCC2)CC1. The predicted octanol–water partition coefficient (Wildman–Crippen LogP) is 0.355. The first-order chi connectivity index (χ1) is 13.2. The van der Waals surface area contributed by atoms with Gasteiger partial charge in [0, 0.05) is 64.7 Å². The van der Waals surface area contributed by atoms with Crippen molar-refractivity contribution < 1.29 is 18.0 Å². The molecule has 2 heterocycles. The summed E-state index contributed by atoms with van der Waals surface area (Å²) in [5.74, 6) is 0.426. The summed E-state index contributed by atoms with van der Waals surface area (Å²) in [5, 5.41) is 2.83. The van der Waals surface area contributed by atoms with E-state index in [0.29, 0.717) is 38.3 Å². The first kappa shape index (κ1) is 23.1. The molecule has 1 N–H and O–H groups in total. The van der Waals surface area contributed by atoms with E-state index in [0.717, 1.165) is 32.7 Å². The Labute approximate surface area is 169 Å². The van der Waals surface area contributed by atoms with Gasteiger partial charge in [-0.3, -0.25) is 14.5 Å². The second kappa shape index (κ2) is 10.5. The molecule has 28 heavy (non-hydrogen) atoms. The molecule has 2 aliphatic rings. The van der Waals surface area contributed by atoms with E-state index in [4.69, 9.17) is 0 Å². The van der Waals surface area contributed by atoms with Crippen LogP contribution in [-0.2, 0) is 19.6 Å². The Balaban J connectivity index is 1.95. The Hall–Kier alpha value is -1.19. The second-order valence-corrected chi connectivity index (χ2v) is 10.4. The fourth-order valence-corrected chi connectivity index (χ4v) is 4.86. The largest absolute Gasteiger partial charge is 0.356 e. The molecule has 0 radical (unpaired) electrons. The number of nitrogens with one attached hydrogen (secondary N) is 1. The molecular formula is C19H36N4O4S. The fraction of sp³-hybridized carbons (Fsp3) is 0.895. The molecule has 2 aliphatic heterocycles. The molecule has 9 heteroatoms. The molecule has 0 aromatic heterocycles. The van der Waals surface area contributed by atoms with Crippen LogP contribution in [0.3, 0.4) is 0 Å². The van der Waals surface area contributed by atoms with Crippen molar-refractivity contribution in [1.82, 2.24) is 19.4 Å². The van der Waals surface area contributed by atoms with Gasteiger partial charge in [-0.1, -0.05) is 13.8 Å². The van der Waals surface area contributed by atoms with Crippen molar-refractivity contribution in [2.75, 3.05) is 58.6 Å². The minimum absolute atomic E-state index is 0.142. The molecule has 0 aromatic rings. The fourth-order valence-electron chi connectivity index (χ4n) is 3.97. The van der Waals surface area contributed by atoms with Crippen LogP contribution in [0, 0.1) is 11.8 Å². The molecule has 0 bridgehead atoms. The van der Waals surface area contributed by atoms with Crippen LogP contribution in [0.2, 0.25) is 0 Å². The Kier molecular flexibility index (Phi) is 8.70. The van der Waals surface area contributed by atoms with Gasteiger partial charge in [0.2, 0.25) is 21.8 Å². The van der Waals surface area contributed by atoms with Gasteiger partial charge in [0.25, 0.3) is 0 Å². The lowest BCUT2D eigenvalue weighted by Crippen LogP contribution is -2.51. The summed E-state index contributed by atoms with van der Waals surface area (Å²) >= 11 is 0. The smallest absolute Gasteiger partial charge is 0.225 e. The van der Waals surface area contributed by atoms with E-state index in [1.807, 2.05) is 4.90 Å². The Morgan fingerprint density at radius 1 is 1.11 bits per heavy atom. The molecule has 0 aromatic carbocycles. The maximum absolute atomic E-state index is 13.1. The Morgan fingerprint density at radius 3 is 2.39 bits per heavy atom. The van der Waals surface area contributed by atoms with Crippen LogP contribution < -0.4 is 5.32 Å². The number of hydrogen-bond donors (Lipinski definition) is 1. The van der Waals surface area contributed by atoms with Crippen molar-refractivity contribution in [1.29, 1.82) is 0 Å². The molecule has 0 aliphatic carbocycles. The molecule has 2 amide bonds. The van der Waals surface area contributed by atoms with Gasteiger partial charge in [-0.25, -0.2) is 12.7 Å². The molecule has 0 saturated carbocycles. The number of carbonyl (C=O) groups is 2. The van der Waals surface area contributed by atoms with Gasteiger partial charge >= 0.3 is 0 Å². The first-order valence-corrected chi connectivity index (χ1v) is 12.2. The monoisotopic (exact) mass is 416 g/mol. The second-order valence-electron chi connectivity index (χ2n) is 8.41. The maximum atomic E-state index is 13.1. The standard InChI is InChI=1S/C19H36N4O4S/c1-16(2)15-21-11-13-22(14-12-21)19(25)17-5-4-9-23(28(3,26)27)10-7-18(24)20-8-6-17/h16-17H,4-15H2,1-3H3,(H,20,24). The van der Waals surface area contributed by atoms with Crippen LogP contribution in [-0.4, -0.2) is 93.0 Å². The number of piperazine rings is 1. The van der Waals surface area contributed by atoms with Gasteiger partial charge in [0.05, 0.1) is 6.26 Å². The zero-order valence-electron chi connectivity index (χ0n) is 17.5. The highest BCUT2D eigenvalue weighted by Crippen LogP contribution is 2.18. The zero-order chi connectivity index (χ0) is 20.7. The third-order valence-electron chi connectivity index (χ3n) is 5.49. The highest BCUT2D eigenvalue weighted by molar-refractivity contribution is 7.88. The molecule has 2 rings (SSSR count). The quantitative estimate of drug-likeness (QED) is 0.714. The van der Waals surface area contributed by atoms with Crippen molar-refractivity contribution >= 4 is 21.8 Å². The number of rotatable bonds is 4. The summed E-state index contributed by atoms with van der Waals surface area (Å²) < 4.78 is 25.2. The van der Waals surface area contributed by atoms with E-state index in [1.54, 1.807) is 0 Å². The van der Waals surface area contributed by atoms with E-state index in [-0.39, 0.29) is 30.7 Å². The molecule has 0 spiro atoms. The van der Waals surface area contributed by atoms with E-state index in [2.05, 4.69) is 24.1 Å². The Morgan fingerprint density at radius 2 is 1.79 bits per heavy atom. The van der Waals surface area contributed by atoms with Crippen LogP contribution in [0.15, 0.2) is 0 Å². The van der Waals surface area contributed by atoms with Crippen molar-refractivity contribution in [2.45, 2.75) is 39.5 Å².